The van der Waals surface area contributed by atoms with Crippen molar-refractivity contribution in [3.63, 3.8) is 0 Å². The Balaban J connectivity index is 1.44. The second-order valence-electron chi connectivity index (χ2n) is 25.0. The van der Waals surface area contributed by atoms with Gasteiger partial charge in [-0.1, -0.05) is 230 Å². The van der Waals surface area contributed by atoms with Crippen molar-refractivity contribution >= 4 is 5.91 Å². The summed E-state index contributed by atoms with van der Waals surface area (Å²) in [5.74, 6) is -0.334. The highest BCUT2D eigenvalue weighted by molar-refractivity contribution is 5.76. The first-order chi connectivity index (χ1) is 46.8. The van der Waals surface area contributed by atoms with Crippen LogP contribution >= 0.6 is 0 Å². The Hall–Kier alpha value is -4.33. The third kappa shape index (κ3) is 37.2. The topological polar surface area (TPSA) is 307 Å². The molecule has 19 nitrogen and oxygen atoms in total. The number of aliphatic hydroxyl groups excluding tert-OH is 11. The number of ether oxygens (including phenoxy) is 6. The highest BCUT2D eigenvalue weighted by atomic mass is 16.8. The number of carbonyl (C=O) groups is 1. The van der Waals surface area contributed by atoms with Gasteiger partial charge in [-0.15, -0.1) is 0 Å². The maximum absolute atomic E-state index is 13.4. The molecule has 3 rings (SSSR count). The number of hydrogen-bond donors (Lipinski definition) is 12. The number of hydrogen-bond acceptors (Lipinski definition) is 18. The molecule has 0 spiro atoms. The normalized spacial score (nSPS) is 27.9. The average Bonchev–Trinajstić information content (AvgIpc) is 0.787. The second kappa shape index (κ2) is 56.4. The lowest BCUT2D eigenvalue weighted by molar-refractivity contribution is -0.379. The molecule has 0 aromatic rings. The number of rotatable bonds is 53. The average molecular weight is 1350 g/mol. The van der Waals surface area contributed by atoms with E-state index >= 15 is 0 Å². The molecular formula is C77H125NO18. The third-order valence-corrected chi connectivity index (χ3v) is 16.9. The fraction of sp³-hybridized carbons (Fsp3) is 0.675. The molecule has 0 saturated carbocycles. The van der Waals surface area contributed by atoms with Gasteiger partial charge in [0.1, 0.15) is 73.2 Å². The van der Waals surface area contributed by atoms with Crippen LogP contribution in [0.4, 0.5) is 0 Å². The van der Waals surface area contributed by atoms with E-state index in [-0.39, 0.29) is 12.3 Å². The van der Waals surface area contributed by atoms with Crippen LogP contribution in [0.2, 0.25) is 0 Å². The molecular weight excluding hydrogens is 1230 g/mol. The number of carbonyl (C=O) groups excluding carboxylic acids is 1. The van der Waals surface area contributed by atoms with Gasteiger partial charge in [0.2, 0.25) is 5.91 Å². The van der Waals surface area contributed by atoms with E-state index in [0.29, 0.717) is 12.8 Å². The maximum atomic E-state index is 13.4. The summed E-state index contributed by atoms with van der Waals surface area (Å²) in [5.41, 5.74) is 0. The summed E-state index contributed by atoms with van der Waals surface area (Å²) in [5, 5.41) is 121. The van der Waals surface area contributed by atoms with Crippen molar-refractivity contribution < 1.29 is 89.4 Å². The highest BCUT2D eigenvalue weighted by Crippen LogP contribution is 2.33. The van der Waals surface area contributed by atoms with Crippen LogP contribution in [-0.2, 0) is 33.2 Å². The molecule has 3 heterocycles. The Bertz CT molecular complexity index is 2310. The summed E-state index contributed by atoms with van der Waals surface area (Å²) >= 11 is 0. The van der Waals surface area contributed by atoms with E-state index < -0.39 is 131 Å². The SMILES string of the molecule is CC/C=C\C/C=C\C/C=C\C/C=C\C/C=C\C/C=C\C/C=C\C/C=C\C/C=C\C/C=C\CCCCC(=O)NC(COC1OC(CO)C(OC2OC(CO)C(OC3OC(CO)C(O)C(O)C3O)C(O)C2O)C(O)C1O)C(O)/C=C/CC/C=C/CCCCCCCCCCCCCC. The lowest BCUT2D eigenvalue weighted by Gasteiger charge is -2.48. The molecule has 1 amide bonds. The van der Waals surface area contributed by atoms with Gasteiger partial charge in [-0.05, 0) is 109 Å². The number of aliphatic hydroxyl groups is 11. The summed E-state index contributed by atoms with van der Waals surface area (Å²) in [6.07, 6.45) is 53.9. The predicted molar refractivity (Wildman–Crippen MR) is 378 cm³/mol. The van der Waals surface area contributed by atoms with E-state index in [1.54, 1.807) is 6.08 Å². The summed E-state index contributed by atoms with van der Waals surface area (Å²) in [4.78, 5) is 13.4. The third-order valence-electron chi connectivity index (χ3n) is 16.9. The molecule has 0 radical (unpaired) electrons. The molecule has 3 fully saturated rings. The quantitative estimate of drug-likeness (QED) is 0.0199. The van der Waals surface area contributed by atoms with Gasteiger partial charge in [-0.2, -0.15) is 0 Å². The largest absolute Gasteiger partial charge is 0.394 e. The monoisotopic (exact) mass is 1350 g/mol. The van der Waals surface area contributed by atoms with Gasteiger partial charge in [0.15, 0.2) is 18.9 Å². The van der Waals surface area contributed by atoms with Crippen molar-refractivity contribution in [1.82, 2.24) is 5.32 Å². The van der Waals surface area contributed by atoms with E-state index in [4.69, 9.17) is 28.4 Å². The number of nitrogens with one attached hydrogen (secondary N) is 1. The molecule has 546 valence electrons. The maximum Gasteiger partial charge on any atom is 0.220 e. The molecule has 12 N–H and O–H groups in total. The molecule has 0 bridgehead atoms. The zero-order valence-electron chi connectivity index (χ0n) is 57.8. The van der Waals surface area contributed by atoms with Crippen LogP contribution in [-0.4, -0.2) is 193 Å². The van der Waals surface area contributed by atoms with Crippen LogP contribution in [0.1, 0.15) is 200 Å². The Labute approximate surface area is 574 Å². The first kappa shape index (κ1) is 85.9. The van der Waals surface area contributed by atoms with Gasteiger partial charge < -0.3 is 89.9 Å². The van der Waals surface area contributed by atoms with Crippen molar-refractivity contribution in [3.8, 4) is 0 Å². The summed E-state index contributed by atoms with van der Waals surface area (Å²) in [7, 11) is 0. The summed E-state index contributed by atoms with van der Waals surface area (Å²) in [6, 6.07) is -1.03. The van der Waals surface area contributed by atoms with Crippen LogP contribution in [0.15, 0.2) is 146 Å². The van der Waals surface area contributed by atoms with Crippen molar-refractivity contribution in [1.29, 1.82) is 0 Å². The summed E-state index contributed by atoms with van der Waals surface area (Å²) in [6.45, 7) is 1.55. The van der Waals surface area contributed by atoms with Crippen LogP contribution in [0.3, 0.4) is 0 Å². The minimum absolute atomic E-state index is 0.170. The molecule has 17 atom stereocenters. The molecule has 96 heavy (non-hydrogen) atoms. The van der Waals surface area contributed by atoms with Crippen LogP contribution < -0.4 is 5.32 Å². The fourth-order valence-corrected chi connectivity index (χ4v) is 11.1. The van der Waals surface area contributed by atoms with Crippen molar-refractivity contribution in [2.45, 2.75) is 304 Å². The van der Waals surface area contributed by atoms with Crippen LogP contribution in [0.5, 0.6) is 0 Å². The Morgan fingerprint density at radius 3 is 1.17 bits per heavy atom. The van der Waals surface area contributed by atoms with E-state index in [0.717, 1.165) is 96.3 Å². The molecule has 0 aromatic carbocycles. The lowest BCUT2D eigenvalue weighted by Crippen LogP contribution is -2.66. The minimum atomic E-state index is -1.99. The zero-order valence-corrected chi connectivity index (χ0v) is 57.8. The van der Waals surface area contributed by atoms with Crippen molar-refractivity contribution in [2.75, 3.05) is 26.4 Å². The number of unbranched alkanes of at least 4 members (excludes halogenated alkanes) is 15. The predicted octanol–water partition coefficient (Wildman–Crippen LogP) is 10.3. The van der Waals surface area contributed by atoms with E-state index in [9.17, 15) is 61.0 Å². The van der Waals surface area contributed by atoms with Gasteiger partial charge in [0.05, 0.1) is 38.6 Å². The van der Waals surface area contributed by atoms with Gasteiger partial charge in [0, 0.05) is 6.42 Å². The standard InChI is InChI=1S/C77H125NO18/c1-3-5-7-9-11-13-15-17-19-21-23-24-25-26-27-28-29-30-31-32-33-34-35-36-37-39-41-43-45-47-49-51-53-55-65(83)78-60(61(82)54-52-50-48-46-44-42-40-38-22-20-18-16-14-12-10-8-6-4-2)59-91-75-71(89)68(86)73(63(57-80)93-75)96-77-72(90)69(87)74(64(58-81)94-77)95-76-70(88)67(85)66(84)62(56-79)92-76/h5,7,11,13,17,19,23-24,26-27,29-30,32-33,35-36,39,41,44-47,52,54,60-64,66-77,79-82,84-90H,3-4,6,8-10,12,14-16,18,20-22,25,28,31,34,37-38,40,42-43,48-51,53,55-59H2,1-2H3,(H,78,83)/b7-5-,13-11-,19-17-,24-23-,27-26-,30-29-,33-32-,36-35-,41-39-,46-44+,47-45-,54-52+. The molecule has 17 unspecified atom stereocenters. The molecule has 3 aliphatic heterocycles. The highest BCUT2D eigenvalue weighted by Gasteiger charge is 2.53. The second-order valence-corrected chi connectivity index (χ2v) is 25.0. The van der Waals surface area contributed by atoms with Gasteiger partial charge in [0.25, 0.3) is 0 Å². The molecule has 19 heteroatoms. The Morgan fingerprint density at radius 2 is 0.729 bits per heavy atom. The van der Waals surface area contributed by atoms with E-state index in [1.807, 2.05) is 6.08 Å². The van der Waals surface area contributed by atoms with Gasteiger partial charge in [-0.3, -0.25) is 4.79 Å². The molecule has 3 aliphatic rings. The van der Waals surface area contributed by atoms with Gasteiger partial charge in [-0.25, -0.2) is 0 Å². The fourth-order valence-electron chi connectivity index (χ4n) is 11.1. The first-order valence-electron chi connectivity index (χ1n) is 36.1. The minimum Gasteiger partial charge on any atom is -0.394 e. The zero-order chi connectivity index (χ0) is 69.6. The molecule has 0 aliphatic carbocycles. The number of allylic oxidation sites excluding steroid dienone is 23. The van der Waals surface area contributed by atoms with Crippen molar-refractivity contribution in [2.24, 2.45) is 0 Å². The van der Waals surface area contributed by atoms with E-state index in [1.165, 1.54) is 70.6 Å². The molecule has 0 aromatic heterocycles. The number of amides is 1. The Kier molecular flexibility index (Phi) is 50.5. The molecule has 3 saturated heterocycles. The van der Waals surface area contributed by atoms with E-state index in [2.05, 4.69) is 153 Å². The van der Waals surface area contributed by atoms with Crippen LogP contribution in [0, 0.1) is 0 Å². The van der Waals surface area contributed by atoms with Gasteiger partial charge >= 0.3 is 0 Å². The van der Waals surface area contributed by atoms with Crippen LogP contribution in [0.25, 0.3) is 0 Å². The Morgan fingerprint density at radius 1 is 0.385 bits per heavy atom. The van der Waals surface area contributed by atoms with Crippen molar-refractivity contribution in [3.05, 3.63) is 146 Å². The smallest absolute Gasteiger partial charge is 0.220 e. The summed E-state index contributed by atoms with van der Waals surface area (Å²) < 4.78 is 34.3. The first-order valence-corrected chi connectivity index (χ1v) is 36.1. The lowest BCUT2D eigenvalue weighted by atomic mass is 9.96.